The molecule has 1 aliphatic rings. The van der Waals surface area contributed by atoms with E-state index in [2.05, 4.69) is 0 Å². The predicted molar refractivity (Wildman–Crippen MR) is 88.4 cm³/mol. The van der Waals surface area contributed by atoms with E-state index < -0.39 is 0 Å². The summed E-state index contributed by atoms with van der Waals surface area (Å²) in [7, 11) is 1.37. The van der Waals surface area contributed by atoms with Gasteiger partial charge in [0.25, 0.3) is 5.91 Å². The summed E-state index contributed by atoms with van der Waals surface area (Å²) in [4.78, 5) is 26.4. The van der Waals surface area contributed by atoms with Gasteiger partial charge < -0.3 is 9.64 Å². The van der Waals surface area contributed by atoms with Crippen LogP contribution in [0.25, 0.3) is 11.1 Å². The maximum atomic E-state index is 12.5. The number of esters is 1. The molecule has 2 aromatic rings. The minimum Gasteiger partial charge on any atom is -0.465 e. The van der Waals surface area contributed by atoms with Crippen molar-refractivity contribution in [3.05, 3.63) is 59.7 Å². The third-order valence-electron chi connectivity index (χ3n) is 4.15. The molecule has 4 nitrogen and oxygen atoms in total. The summed E-state index contributed by atoms with van der Waals surface area (Å²) in [5, 5.41) is 0. The second-order valence-electron chi connectivity index (χ2n) is 5.62. The number of carbonyl (C=O) groups excluding carboxylic acids is 2. The zero-order valence-electron chi connectivity index (χ0n) is 13.1. The third-order valence-corrected chi connectivity index (χ3v) is 4.15. The highest BCUT2D eigenvalue weighted by atomic mass is 16.5. The quantitative estimate of drug-likeness (QED) is 0.817. The Morgan fingerprint density at radius 1 is 1.00 bits per heavy atom. The number of ether oxygens (including phenoxy) is 1. The molecular weight excluding hydrogens is 290 g/mol. The minimum atomic E-state index is -0.378. The molecule has 1 amide bonds. The Balaban J connectivity index is 1.97. The Labute approximate surface area is 135 Å². The lowest BCUT2D eigenvalue weighted by Gasteiger charge is -2.16. The van der Waals surface area contributed by atoms with Crippen molar-refractivity contribution in [2.75, 3.05) is 20.2 Å². The molecule has 0 aromatic heterocycles. The highest BCUT2D eigenvalue weighted by molar-refractivity contribution is 5.99. The molecule has 1 aliphatic heterocycles. The third kappa shape index (κ3) is 3.11. The van der Waals surface area contributed by atoms with E-state index in [0.717, 1.165) is 37.1 Å². The van der Waals surface area contributed by atoms with Crippen LogP contribution >= 0.6 is 0 Å². The summed E-state index contributed by atoms with van der Waals surface area (Å²) in [6, 6.07) is 14.7. The maximum Gasteiger partial charge on any atom is 0.338 e. The number of hydrogen-bond donors (Lipinski definition) is 0. The molecule has 118 valence electrons. The number of carbonyl (C=O) groups is 2. The van der Waals surface area contributed by atoms with Crippen LogP contribution < -0.4 is 0 Å². The van der Waals surface area contributed by atoms with Gasteiger partial charge in [0.05, 0.1) is 12.7 Å². The van der Waals surface area contributed by atoms with Crippen molar-refractivity contribution >= 4 is 11.9 Å². The van der Waals surface area contributed by atoms with Crippen LogP contribution in [0.1, 0.15) is 33.6 Å². The van der Waals surface area contributed by atoms with E-state index in [1.54, 1.807) is 12.1 Å². The topological polar surface area (TPSA) is 46.6 Å². The summed E-state index contributed by atoms with van der Waals surface area (Å²) < 4.78 is 4.84. The summed E-state index contributed by atoms with van der Waals surface area (Å²) >= 11 is 0. The molecule has 23 heavy (non-hydrogen) atoms. The number of likely N-dealkylation sites (tertiary alicyclic amines) is 1. The molecule has 1 fully saturated rings. The molecule has 0 unspecified atom stereocenters. The lowest BCUT2D eigenvalue weighted by molar-refractivity contribution is 0.0601. The van der Waals surface area contributed by atoms with Crippen LogP contribution in [0.2, 0.25) is 0 Å². The molecular formula is C19H19NO3. The molecule has 0 atom stereocenters. The zero-order chi connectivity index (χ0) is 16.2. The minimum absolute atomic E-state index is 0.0555. The summed E-state index contributed by atoms with van der Waals surface area (Å²) in [5.74, 6) is -0.322. The Kier molecular flexibility index (Phi) is 4.42. The summed E-state index contributed by atoms with van der Waals surface area (Å²) in [6.45, 7) is 1.64. The number of amides is 1. The van der Waals surface area contributed by atoms with Gasteiger partial charge in [-0.15, -0.1) is 0 Å². The molecule has 0 spiro atoms. The maximum absolute atomic E-state index is 12.5. The highest BCUT2D eigenvalue weighted by Crippen LogP contribution is 2.26. The normalized spacial score (nSPS) is 13.9. The fraction of sp³-hybridized carbons (Fsp3) is 0.263. The van der Waals surface area contributed by atoms with Gasteiger partial charge in [-0.1, -0.05) is 30.3 Å². The van der Waals surface area contributed by atoms with Crippen LogP contribution in [0.3, 0.4) is 0 Å². The van der Waals surface area contributed by atoms with Gasteiger partial charge in [-0.25, -0.2) is 4.79 Å². The molecule has 1 saturated heterocycles. The van der Waals surface area contributed by atoms with Gasteiger partial charge >= 0.3 is 5.97 Å². The standard InChI is InChI=1S/C19H19NO3/c1-23-19(22)17-10-3-2-9-16(17)14-7-6-8-15(13-14)18(21)20-11-4-5-12-20/h2-3,6-10,13H,4-5,11-12H2,1H3. The van der Waals surface area contributed by atoms with Gasteiger partial charge in [0.15, 0.2) is 0 Å². The number of hydrogen-bond acceptors (Lipinski definition) is 3. The lowest BCUT2D eigenvalue weighted by Crippen LogP contribution is -2.27. The SMILES string of the molecule is COC(=O)c1ccccc1-c1cccc(C(=O)N2CCCC2)c1. The van der Waals surface area contributed by atoms with Crippen LogP contribution in [0.4, 0.5) is 0 Å². The van der Waals surface area contributed by atoms with E-state index in [-0.39, 0.29) is 11.9 Å². The molecule has 4 heteroatoms. The molecule has 0 N–H and O–H groups in total. The van der Waals surface area contributed by atoms with Crippen molar-refractivity contribution in [3.63, 3.8) is 0 Å². The smallest absolute Gasteiger partial charge is 0.338 e. The monoisotopic (exact) mass is 309 g/mol. The van der Waals surface area contributed by atoms with Crippen molar-refractivity contribution in [1.82, 2.24) is 4.90 Å². The van der Waals surface area contributed by atoms with Crippen LogP contribution in [0.5, 0.6) is 0 Å². The van der Waals surface area contributed by atoms with Crippen LogP contribution in [-0.2, 0) is 4.74 Å². The Morgan fingerprint density at radius 3 is 2.48 bits per heavy atom. The number of rotatable bonds is 3. The number of nitrogens with zero attached hydrogens (tertiary/aromatic N) is 1. The van der Waals surface area contributed by atoms with Crippen molar-refractivity contribution in [1.29, 1.82) is 0 Å². The Hall–Kier alpha value is -2.62. The molecule has 0 radical (unpaired) electrons. The van der Waals surface area contributed by atoms with E-state index in [9.17, 15) is 9.59 Å². The van der Waals surface area contributed by atoms with Crippen molar-refractivity contribution < 1.29 is 14.3 Å². The first kappa shape index (κ1) is 15.3. The van der Waals surface area contributed by atoms with E-state index in [0.29, 0.717) is 11.1 Å². The Morgan fingerprint density at radius 2 is 1.74 bits per heavy atom. The van der Waals surface area contributed by atoms with E-state index in [1.807, 2.05) is 41.3 Å². The van der Waals surface area contributed by atoms with Crippen LogP contribution in [-0.4, -0.2) is 37.0 Å². The fourth-order valence-electron chi connectivity index (χ4n) is 2.95. The van der Waals surface area contributed by atoms with Crippen LogP contribution in [0.15, 0.2) is 48.5 Å². The predicted octanol–water partition coefficient (Wildman–Crippen LogP) is 3.38. The molecule has 1 heterocycles. The van der Waals surface area contributed by atoms with Gasteiger partial charge in [0.2, 0.25) is 0 Å². The van der Waals surface area contributed by atoms with Gasteiger partial charge in [-0.2, -0.15) is 0 Å². The Bertz CT molecular complexity index is 733. The number of benzene rings is 2. The van der Waals surface area contributed by atoms with E-state index in [1.165, 1.54) is 7.11 Å². The first-order valence-corrected chi connectivity index (χ1v) is 7.78. The molecule has 3 rings (SSSR count). The second kappa shape index (κ2) is 6.65. The van der Waals surface area contributed by atoms with E-state index in [4.69, 9.17) is 4.74 Å². The molecule has 0 aliphatic carbocycles. The fourth-order valence-corrected chi connectivity index (χ4v) is 2.95. The first-order chi connectivity index (χ1) is 11.2. The zero-order valence-corrected chi connectivity index (χ0v) is 13.1. The van der Waals surface area contributed by atoms with Gasteiger partial charge in [-0.05, 0) is 42.2 Å². The number of methoxy groups -OCH3 is 1. The van der Waals surface area contributed by atoms with Gasteiger partial charge in [0.1, 0.15) is 0 Å². The molecule has 0 bridgehead atoms. The second-order valence-corrected chi connectivity index (χ2v) is 5.62. The van der Waals surface area contributed by atoms with Crippen molar-refractivity contribution in [3.8, 4) is 11.1 Å². The van der Waals surface area contributed by atoms with Crippen molar-refractivity contribution in [2.24, 2.45) is 0 Å². The largest absolute Gasteiger partial charge is 0.465 e. The van der Waals surface area contributed by atoms with Crippen molar-refractivity contribution in [2.45, 2.75) is 12.8 Å². The summed E-state index contributed by atoms with van der Waals surface area (Å²) in [6.07, 6.45) is 2.13. The average molecular weight is 309 g/mol. The summed E-state index contributed by atoms with van der Waals surface area (Å²) in [5.41, 5.74) is 2.77. The molecule has 0 saturated carbocycles. The molecule has 2 aromatic carbocycles. The first-order valence-electron chi connectivity index (χ1n) is 7.78. The lowest BCUT2D eigenvalue weighted by atomic mass is 9.98. The van der Waals surface area contributed by atoms with Gasteiger partial charge in [0, 0.05) is 18.7 Å². The van der Waals surface area contributed by atoms with Gasteiger partial charge in [-0.3, -0.25) is 4.79 Å². The van der Waals surface area contributed by atoms with E-state index >= 15 is 0 Å². The van der Waals surface area contributed by atoms with Crippen LogP contribution in [0, 0.1) is 0 Å². The highest BCUT2D eigenvalue weighted by Gasteiger charge is 2.20. The average Bonchev–Trinajstić information content (AvgIpc) is 3.15.